The number of thioether (sulfide) groups is 1. The largest absolute Gasteiger partial charge is 0.480 e. The third-order valence-corrected chi connectivity index (χ3v) is 3.73. The Balaban J connectivity index is 2.31. The number of carbonyl (C=O) groups is 2. The number of aryl methyl sites for hydroxylation is 2. The lowest BCUT2D eigenvalue weighted by molar-refractivity contribution is -0.141. The van der Waals surface area contributed by atoms with Crippen molar-refractivity contribution in [2.45, 2.75) is 39.2 Å². The molecule has 0 radical (unpaired) electrons. The van der Waals surface area contributed by atoms with E-state index in [4.69, 9.17) is 5.11 Å². The van der Waals surface area contributed by atoms with E-state index < -0.39 is 12.0 Å². The Morgan fingerprint density at radius 1 is 1.30 bits per heavy atom. The maximum atomic E-state index is 11.8. The molecule has 0 aliphatic carbocycles. The lowest BCUT2D eigenvalue weighted by Gasteiger charge is -2.14. The quantitative estimate of drug-likeness (QED) is 0.556. The number of anilines is 1. The minimum atomic E-state index is -0.992. The van der Waals surface area contributed by atoms with Gasteiger partial charge in [0.15, 0.2) is 0 Å². The third kappa shape index (κ3) is 7.83. The molecule has 128 valence electrons. The van der Waals surface area contributed by atoms with Crippen LogP contribution in [0.25, 0.3) is 0 Å². The number of nitrogens with zero attached hydrogens (tertiary/aromatic N) is 2. The number of nitrogens with one attached hydrogen (secondary N) is 2. The van der Waals surface area contributed by atoms with Crippen LogP contribution in [0.2, 0.25) is 0 Å². The molecule has 1 aromatic rings. The molecular formula is C15H24N4O3S. The molecule has 1 amide bonds. The Bertz CT molecular complexity index is 519. The molecule has 1 unspecified atom stereocenters. The zero-order valence-electron chi connectivity index (χ0n) is 13.8. The summed E-state index contributed by atoms with van der Waals surface area (Å²) in [6, 6.07) is 1.07. The van der Waals surface area contributed by atoms with Gasteiger partial charge in [0.25, 0.3) is 0 Å². The number of hydrogen-bond acceptors (Lipinski definition) is 6. The number of carboxylic acids is 1. The molecule has 1 rings (SSSR count). The Kier molecular flexibility index (Phi) is 8.39. The molecule has 0 spiro atoms. The van der Waals surface area contributed by atoms with Crippen LogP contribution < -0.4 is 10.6 Å². The van der Waals surface area contributed by atoms with Crippen molar-refractivity contribution in [1.82, 2.24) is 15.3 Å². The molecule has 1 aromatic heterocycles. The molecule has 0 fully saturated rings. The maximum Gasteiger partial charge on any atom is 0.326 e. The van der Waals surface area contributed by atoms with E-state index in [2.05, 4.69) is 20.6 Å². The standard InChI is InChI=1S/C15H24N4O3S/c1-10-9-11(2)18-15(17-10)16-7-4-5-13(20)19-12(14(21)22)6-8-23-3/h9,12H,4-8H2,1-3H3,(H,19,20)(H,21,22)(H,16,17,18). The normalized spacial score (nSPS) is 11.8. The Morgan fingerprint density at radius 3 is 2.52 bits per heavy atom. The number of aromatic nitrogens is 2. The van der Waals surface area contributed by atoms with Gasteiger partial charge in [0.05, 0.1) is 0 Å². The van der Waals surface area contributed by atoms with E-state index >= 15 is 0 Å². The smallest absolute Gasteiger partial charge is 0.326 e. The second-order valence-corrected chi connectivity index (χ2v) is 6.23. The molecule has 1 heterocycles. The van der Waals surface area contributed by atoms with E-state index in [9.17, 15) is 9.59 Å². The van der Waals surface area contributed by atoms with Crippen molar-refractivity contribution in [2.75, 3.05) is 23.9 Å². The molecule has 0 bridgehead atoms. The Morgan fingerprint density at radius 2 is 1.96 bits per heavy atom. The van der Waals surface area contributed by atoms with Gasteiger partial charge < -0.3 is 15.7 Å². The van der Waals surface area contributed by atoms with Crippen molar-refractivity contribution < 1.29 is 14.7 Å². The second-order valence-electron chi connectivity index (χ2n) is 5.24. The van der Waals surface area contributed by atoms with Crippen LogP contribution in [-0.2, 0) is 9.59 Å². The SMILES string of the molecule is CSCCC(NC(=O)CCCNc1nc(C)cc(C)n1)C(=O)O. The van der Waals surface area contributed by atoms with E-state index in [1.54, 1.807) is 11.8 Å². The van der Waals surface area contributed by atoms with E-state index in [0.29, 0.717) is 31.1 Å². The number of rotatable bonds is 10. The van der Waals surface area contributed by atoms with Gasteiger partial charge in [-0.3, -0.25) is 4.79 Å². The van der Waals surface area contributed by atoms with Gasteiger partial charge in [-0.05, 0) is 44.8 Å². The minimum Gasteiger partial charge on any atom is -0.480 e. The van der Waals surface area contributed by atoms with Crippen molar-refractivity contribution in [1.29, 1.82) is 0 Å². The van der Waals surface area contributed by atoms with E-state index in [1.165, 1.54) is 0 Å². The summed E-state index contributed by atoms with van der Waals surface area (Å²) < 4.78 is 0. The van der Waals surface area contributed by atoms with Crippen LogP contribution in [0.4, 0.5) is 5.95 Å². The van der Waals surface area contributed by atoms with Gasteiger partial charge in [-0.2, -0.15) is 11.8 Å². The molecule has 3 N–H and O–H groups in total. The van der Waals surface area contributed by atoms with Crippen molar-refractivity contribution in [2.24, 2.45) is 0 Å². The predicted molar refractivity (Wildman–Crippen MR) is 91.8 cm³/mol. The van der Waals surface area contributed by atoms with Gasteiger partial charge in [-0.1, -0.05) is 0 Å². The summed E-state index contributed by atoms with van der Waals surface area (Å²) in [6.07, 6.45) is 3.18. The predicted octanol–water partition coefficient (Wildman–Crippen LogP) is 1.61. The molecule has 0 aliphatic rings. The van der Waals surface area contributed by atoms with Gasteiger partial charge in [-0.15, -0.1) is 0 Å². The van der Waals surface area contributed by atoms with E-state index in [-0.39, 0.29) is 12.3 Å². The molecule has 23 heavy (non-hydrogen) atoms. The molecular weight excluding hydrogens is 316 g/mol. The van der Waals surface area contributed by atoms with Crippen molar-refractivity contribution in [3.63, 3.8) is 0 Å². The summed E-state index contributed by atoms with van der Waals surface area (Å²) in [5.41, 5.74) is 1.77. The van der Waals surface area contributed by atoms with Crippen LogP contribution in [0.15, 0.2) is 6.07 Å². The van der Waals surface area contributed by atoms with Crippen LogP contribution >= 0.6 is 11.8 Å². The molecule has 0 aliphatic heterocycles. The topological polar surface area (TPSA) is 104 Å². The average Bonchev–Trinajstić information content (AvgIpc) is 2.46. The van der Waals surface area contributed by atoms with Crippen LogP contribution in [-0.4, -0.2) is 51.5 Å². The van der Waals surface area contributed by atoms with Gasteiger partial charge >= 0.3 is 5.97 Å². The highest BCUT2D eigenvalue weighted by Crippen LogP contribution is 2.05. The molecule has 0 aromatic carbocycles. The first-order chi connectivity index (χ1) is 10.9. The fourth-order valence-corrected chi connectivity index (χ4v) is 2.49. The van der Waals surface area contributed by atoms with Gasteiger partial charge in [0.1, 0.15) is 6.04 Å². The van der Waals surface area contributed by atoms with Crippen molar-refractivity contribution >= 4 is 29.6 Å². The molecule has 8 heteroatoms. The lowest BCUT2D eigenvalue weighted by atomic mass is 10.2. The summed E-state index contributed by atoms with van der Waals surface area (Å²) in [5, 5.41) is 14.7. The van der Waals surface area contributed by atoms with Crippen LogP contribution in [0.5, 0.6) is 0 Å². The summed E-state index contributed by atoms with van der Waals surface area (Å²) in [7, 11) is 0. The number of amides is 1. The van der Waals surface area contributed by atoms with E-state index in [1.807, 2.05) is 26.2 Å². The maximum absolute atomic E-state index is 11.8. The minimum absolute atomic E-state index is 0.248. The fraction of sp³-hybridized carbons (Fsp3) is 0.600. The zero-order chi connectivity index (χ0) is 17.2. The summed E-state index contributed by atoms with van der Waals surface area (Å²) in [5.74, 6) is 0.00477. The highest BCUT2D eigenvalue weighted by atomic mass is 32.2. The first-order valence-corrected chi connectivity index (χ1v) is 8.89. The van der Waals surface area contributed by atoms with Crippen LogP contribution in [0.3, 0.4) is 0 Å². The number of aliphatic carboxylic acids is 1. The molecule has 7 nitrogen and oxygen atoms in total. The summed E-state index contributed by atoms with van der Waals surface area (Å²) >= 11 is 1.56. The fourth-order valence-electron chi connectivity index (χ4n) is 2.01. The number of carboxylic acid groups (broad SMARTS) is 1. The lowest BCUT2D eigenvalue weighted by Crippen LogP contribution is -2.41. The Hall–Kier alpha value is -1.83. The highest BCUT2D eigenvalue weighted by molar-refractivity contribution is 7.98. The highest BCUT2D eigenvalue weighted by Gasteiger charge is 2.18. The van der Waals surface area contributed by atoms with Crippen LogP contribution in [0, 0.1) is 13.8 Å². The number of hydrogen-bond donors (Lipinski definition) is 3. The molecule has 0 saturated carbocycles. The first kappa shape index (κ1) is 19.2. The van der Waals surface area contributed by atoms with Crippen molar-refractivity contribution in [3.05, 3.63) is 17.5 Å². The van der Waals surface area contributed by atoms with E-state index in [0.717, 1.165) is 11.4 Å². The Labute approximate surface area is 140 Å². The summed E-state index contributed by atoms with van der Waals surface area (Å²) in [4.78, 5) is 31.4. The summed E-state index contributed by atoms with van der Waals surface area (Å²) in [6.45, 7) is 4.35. The second kappa shape index (κ2) is 10.0. The molecule has 1 atom stereocenters. The third-order valence-electron chi connectivity index (χ3n) is 3.09. The van der Waals surface area contributed by atoms with Crippen molar-refractivity contribution in [3.8, 4) is 0 Å². The monoisotopic (exact) mass is 340 g/mol. The van der Waals surface area contributed by atoms with Crippen LogP contribution in [0.1, 0.15) is 30.7 Å². The van der Waals surface area contributed by atoms with Gasteiger partial charge in [-0.25, -0.2) is 14.8 Å². The van der Waals surface area contributed by atoms with Gasteiger partial charge in [0, 0.05) is 24.4 Å². The zero-order valence-corrected chi connectivity index (χ0v) is 14.6. The molecule has 0 saturated heterocycles. The van der Waals surface area contributed by atoms with Gasteiger partial charge in [0.2, 0.25) is 11.9 Å². The number of carbonyl (C=O) groups excluding carboxylic acids is 1. The first-order valence-electron chi connectivity index (χ1n) is 7.49. The average molecular weight is 340 g/mol.